The summed E-state index contributed by atoms with van der Waals surface area (Å²) < 4.78 is 41.0. The molecule has 1 aromatic heterocycles. The monoisotopic (exact) mass is 458 g/mol. The molecule has 1 N–H and O–H groups in total. The van der Waals surface area contributed by atoms with Gasteiger partial charge in [0.05, 0.1) is 16.8 Å². The predicted molar refractivity (Wildman–Crippen MR) is 122 cm³/mol. The molecule has 1 fully saturated rings. The Bertz CT molecular complexity index is 1150. The molecule has 6 nitrogen and oxygen atoms in total. The van der Waals surface area contributed by atoms with E-state index in [9.17, 15) is 12.8 Å². The SMILES string of the molecule is O=S(=O)(c1ccc(-c2csc(NN=Cc3ccccc3F)n2)cc1)N1CCCCCC1. The Labute approximate surface area is 185 Å². The maximum absolute atomic E-state index is 13.6. The van der Waals surface area contributed by atoms with Crippen LogP contribution < -0.4 is 5.43 Å². The quantitative estimate of drug-likeness (QED) is 0.419. The van der Waals surface area contributed by atoms with Gasteiger partial charge in [-0.25, -0.2) is 17.8 Å². The molecule has 0 amide bonds. The van der Waals surface area contributed by atoms with Crippen LogP contribution in [0.15, 0.2) is 63.9 Å². The lowest BCUT2D eigenvalue weighted by molar-refractivity contribution is 0.424. The van der Waals surface area contributed by atoms with Crippen LogP contribution in [0.25, 0.3) is 11.3 Å². The molecule has 31 heavy (non-hydrogen) atoms. The Morgan fingerprint density at radius 2 is 1.74 bits per heavy atom. The largest absolute Gasteiger partial charge is 0.253 e. The molecule has 1 aliphatic rings. The third kappa shape index (κ3) is 5.17. The van der Waals surface area contributed by atoms with Crippen molar-refractivity contribution in [1.29, 1.82) is 0 Å². The fourth-order valence-corrected chi connectivity index (χ4v) is 5.61. The first-order valence-electron chi connectivity index (χ1n) is 10.1. The second-order valence-corrected chi connectivity index (χ2v) is 10.1. The van der Waals surface area contributed by atoms with Gasteiger partial charge in [0.25, 0.3) is 0 Å². The molecule has 2 aromatic carbocycles. The molecule has 1 saturated heterocycles. The van der Waals surface area contributed by atoms with Crippen LogP contribution in [0.4, 0.5) is 9.52 Å². The molecule has 0 unspecified atom stereocenters. The van der Waals surface area contributed by atoms with E-state index in [1.165, 1.54) is 23.6 Å². The fourth-order valence-electron chi connectivity index (χ4n) is 3.42. The molecule has 0 aliphatic carbocycles. The second kappa shape index (κ2) is 9.67. The summed E-state index contributed by atoms with van der Waals surface area (Å²) in [5, 5.41) is 6.45. The topological polar surface area (TPSA) is 74.7 Å². The number of nitrogens with zero attached hydrogens (tertiary/aromatic N) is 3. The summed E-state index contributed by atoms with van der Waals surface area (Å²) in [5.41, 5.74) is 4.72. The van der Waals surface area contributed by atoms with Crippen molar-refractivity contribution >= 4 is 32.7 Å². The van der Waals surface area contributed by atoms with Gasteiger partial charge in [-0.1, -0.05) is 43.2 Å². The zero-order valence-corrected chi connectivity index (χ0v) is 18.5. The van der Waals surface area contributed by atoms with Gasteiger partial charge in [-0.05, 0) is 31.0 Å². The average molecular weight is 459 g/mol. The zero-order chi connectivity index (χ0) is 21.7. The van der Waals surface area contributed by atoms with E-state index >= 15 is 0 Å². The lowest BCUT2D eigenvalue weighted by Crippen LogP contribution is -2.31. The standard InChI is InChI=1S/C22H23FN4O2S2/c23-20-8-4-3-7-18(20)15-24-26-22-25-21(16-30-22)17-9-11-19(12-10-17)31(28,29)27-13-5-1-2-6-14-27/h3-4,7-12,15-16H,1-2,5-6,13-14H2,(H,25,26). The van der Waals surface area contributed by atoms with Crippen molar-refractivity contribution in [2.24, 2.45) is 5.10 Å². The van der Waals surface area contributed by atoms with E-state index in [0.717, 1.165) is 31.2 Å². The highest BCUT2D eigenvalue weighted by molar-refractivity contribution is 7.89. The van der Waals surface area contributed by atoms with E-state index in [4.69, 9.17) is 0 Å². The minimum atomic E-state index is -3.47. The molecule has 0 spiro atoms. The van der Waals surface area contributed by atoms with Crippen LogP contribution in [0, 0.1) is 5.82 Å². The number of nitrogens with one attached hydrogen (secondary N) is 1. The highest BCUT2D eigenvalue weighted by atomic mass is 32.2. The summed E-state index contributed by atoms with van der Waals surface area (Å²) in [7, 11) is -3.47. The van der Waals surface area contributed by atoms with Crippen LogP contribution in [0.1, 0.15) is 31.2 Å². The van der Waals surface area contributed by atoms with E-state index in [2.05, 4.69) is 15.5 Å². The van der Waals surface area contributed by atoms with Crippen LogP contribution in [0.2, 0.25) is 0 Å². The summed E-state index contributed by atoms with van der Waals surface area (Å²) in [4.78, 5) is 4.77. The smallest absolute Gasteiger partial charge is 0.243 e. The molecule has 0 atom stereocenters. The van der Waals surface area contributed by atoms with Gasteiger partial charge in [-0.2, -0.15) is 9.41 Å². The lowest BCUT2D eigenvalue weighted by Gasteiger charge is -2.19. The predicted octanol–water partition coefficient (Wildman–Crippen LogP) is 4.96. The van der Waals surface area contributed by atoms with Crippen molar-refractivity contribution in [3.63, 3.8) is 0 Å². The average Bonchev–Trinajstić information content (AvgIpc) is 3.07. The number of hydrogen-bond donors (Lipinski definition) is 1. The first-order chi connectivity index (χ1) is 15.0. The first-order valence-corrected chi connectivity index (χ1v) is 12.5. The molecular formula is C22H23FN4O2S2. The Morgan fingerprint density at radius 3 is 2.45 bits per heavy atom. The molecule has 4 rings (SSSR count). The van der Waals surface area contributed by atoms with E-state index in [0.29, 0.717) is 34.4 Å². The van der Waals surface area contributed by atoms with E-state index in [1.807, 2.05) is 5.38 Å². The number of rotatable bonds is 6. The molecular weight excluding hydrogens is 435 g/mol. The van der Waals surface area contributed by atoms with Gasteiger partial charge in [0.2, 0.25) is 15.2 Å². The highest BCUT2D eigenvalue weighted by Crippen LogP contribution is 2.27. The maximum atomic E-state index is 13.6. The number of sulfonamides is 1. The molecule has 162 valence electrons. The lowest BCUT2D eigenvalue weighted by atomic mass is 10.2. The Morgan fingerprint density at radius 1 is 1.03 bits per heavy atom. The van der Waals surface area contributed by atoms with Gasteiger partial charge in [0.15, 0.2) is 0 Å². The Hall–Kier alpha value is -2.62. The summed E-state index contributed by atoms with van der Waals surface area (Å²) >= 11 is 1.36. The van der Waals surface area contributed by atoms with Crippen molar-refractivity contribution in [3.8, 4) is 11.3 Å². The number of benzene rings is 2. The number of hydrogen-bond acceptors (Lipinski definition) is 6. The van der Waals surface area contributed by atoms with Gasteiger partial charge in [0.1, 0.15) is 5.82 Å². The van der Waals surface area contributed by atoms with Crippen molar-refractivity contribution in [1.82, 2.24) is 9.29 Å². The maximum Gasteiger partial charge on any atom is 0.243 e. The highest BCUT2D eigenvalue weighted by Gasteiger charge is 2.25. The molecule has 0 saturated carbocycles. The van der Waals surface area contributed by atoms with E-state index in [1.54, 1.807) is 46.8 Å². The van der Waals surface area contributed by atoms with Crippen molar-refractivity contribution in [2.75, 3.05) is 18.5 Å². The molecule has 9 heteroatoms. The third-order valence-corrected chi connectivity index (χ3v) is 7.79. The fraction of sp³-hybridized carbons (Fsp3) is 0.273. The Balaban J connectivity index is 1.44. The number of anilines is 1. The van der Waals surface area contributed by atoms with Gasteiger partial charge < -0.3 is 0 Å². The van der Waals surface area contributed by atoms with Crippen molar-refractivity contribution in [3.05, 3.63) is 65.3 Å². The summed E-state index contributed by atoms with van der Waals surface area (Å²) in [6.45, 7) is 1.16. The second-order valence-electron chi connectivity index (χ2n) is 7.27. The normalized spacial score (nSPS) is 15.8. The zero-order valence-electron chi connectivity index (χ0n) is 16.9. The summed E-state index contributed by atoms with van der Waals surface area (Å²) in [6, 6.07) is 13.2. The number of thiazole rings is 1. The van der Waals surface area contributed by atoms with Crippen LogP contribution in [0.3, 0.4) is 0 Å². The number of aromatic nitrogens is 1. The van der Waals surface area contributed by atoms with Gasteiger partial charge in [-0.15, -0.1) is 11.3 Å². The van der Waals surface area contributed by atoms with Crippen LogP contribution in [-0.2, 0) is 10.0 Å². The molecule has 0 radical (unpaired) electrons. The van der Waals surface area contributed by atoms with Gasteiger partial charge >= 0.3 is 0 Å². The first kappa shape index (κ1) is 21.6. The third-order valence-electron chi connectivity index (χ3n) is 5.13. The number of hydrazone groups is 1. The minimum absolute atomic E-state index is 0.307. The van der Waals surface area contributed by atoms with Crippen LogP contribution in [-0.4, -0.2) is 37.0 Å². The van der Waals surface area contributed by atoms with E-state index in [-0.39, 0.29) is 5.82 Å². The molecule has 3 aromatic rings. The summed E-state index contributed by atoms with van der Waals surface area (Å²) in [5.74, 6) is -0.344. The summed E-state index contributed by atoms with van der Waals surface area (Å²) in [6.07, 6.45) is 5.38. The van der Waals surface area contributed by atoms with Crippen molar-refractivity contribution in [2.45, 2.75) is 30.6 Å². The van der Waals surface area contributed by atoms with Crippen LogP contribution in [0.5, 0.6) is 0 Å². The molecule has 2 heterocycles. The minimum Gasteiger partial charge on any atom is -0.253 e. The van der Waals surface area contributed by atoms with Crippen LogP contribution >= 0.6 is 11.3 Å². The van der Waals surface area contributed by atoms with Crippen molar-refractivity contribution < 1.29 is 12.8 Å². The molecule has 0 bridgehead atoms. The number of halogens is 1. The Kier molecular flexibility index (Phi) is 6.74. The van der Waals surface area contributed by atoms with E-state index < -0.39 is 10.0 Å². The molecule has 1 aliphatic heterocycles. The van der Waals surface area contributed by atoms with Gasteiger partial charge in [0, 0.05) is 29.6 Å². The van der Waals surface area contributed by atoms with Gasteiger partial charge in [-0.3, -0.25) is 5.43 Å².